The molecule has 3 rings (SSSR count). The minimum Gasteiger partial charge on any atom is -0.330 e. The predicted octanol–water partition coefficient (Wildman–Crippen LogP) is 3.07. The Morgan fingerprint density at radius 3 is 2.72 bits per heavy atom. The summed E-state index contributed by atoms with van der Waals surface area (Å²) >= 11 is 1.93. The normalized spacial score (nSPS) is 18.5. The fourth-order valence-corrected chi connectivity index (χ4v) is 3.82. The number of thiophene rings is 1. The number of nitrogens with two attached hydrogens (primary N) is 1. The first-order valence-corrected chi connectivity index (χ1v) is 7.56. The first kappa shape index (κ1) is 12.2. The van der Waals surface area contributed by atoms with E-state index in [0.717, 1.165) is 19.0 Å². The van der Waals surface area contributed by atoms with Gasteiger partial charge in [0.15, 0.2) is 0 Å². The van der Waals surface area contributed by atoms with Crippen LogP contribution >= 0.6 is 11.3 Å². The molecule has 1 aromatic heterocycles. The Morgan fingerprint density at radius 1 is 1.22 bits per heavy atom. The molecule has 2 nitrogen and oxygen atoms in total. The zero-order valence-corrected chi connectivity index (χ0v) is 11.5. The van der Waals surface area contributed by atoms with Crippen molar-refractivity contribution in [1.29, 1.82) is 0 Å². The number of fused-ring (bicyclic) bond motifs is 1. The summed E-state index contributed by atoms with van der Waals surface area (Å²) in [5.41, 5.74) is 5.74. The van der Waals surface area contributed by atoms with Crippen molar-refractivity contribution < 1.29 is 0 Å². The standard InChI is InChI=1S/C15H20N2S/c16-10-12-5-7-17(8-6-12)11-14-9-13-3-1-2-4-15(13)18-14/h1-4,9,12H,5-8,10-11,16H2. The van der Waals surface area contributed by atoms with Crippen LogP contribution in [0, 0.1) is 5.92 Å². The van der Waals surface area contributed by atoms with E-state index in [1.54, 1.807) is 0 Å². The summed E-state index contributed by atoms with van der Waals surface area (Å²) in [7, 11) is 0. The van der Waals surface area contributed by atoms with E-state index in [-0.39, 0.29) is 0 Å². The largest absolute Gasteiger partial charge is 0.330 e. The molecule has 0 radical (unpaired) electrons. The molecule has 96 valence electrons. The third-order valence-electron chi connectivity index (χ3n) is 3.90. The van der Waals surface area contributed by atoms with Crippen LogP contribution in [0.1, 0.15) is 17.7 Å². The molecule has 1 aliphatic heterocycles. The molecular weight excluding hydrogens is 240 g/mol. The van der Waals surface area contributed by atoms with Gasteiger partial charge in [-0.3, -0.25) is 4.90 Å². The van der Waals surface area contributed by atoms with Gasteiger partial charge in [0.25, 0.3) is 0 Å². The maximum Gasteiger partial charge on any atom is 0.0346 e. The summed E-state index contributed by atoms with van der Waals surface area (Å²) in [5.74, 6) is 0.753. The fraction of sp³-hybridized carbons (Fsp3) is 0.467. The quantitative estimate of drug-likeness (QED) is 0.919. The molecule has 0 aliphatic carbocycles. The van der Waals surface area contributed by atoms with E-state index in [2.05, 4.69) is 35.2 Å². The Bertz CT molecular complexity index is 479. The second kappa shape index (κ2) is 5.39. The molecule has 3 heteroatoms. The lowest BCUT2D eigenvalue weighted by atomic mass is 9.97. The van der Waals surface area contributed by atoms with Gasteiger partial charge in [0.05, 0.1) is 0 Å². The van der Waals surface area contributed by atoms with Crippen LogP contribution < -0.4 is 5.73 Å². The zero-order valence-electron chi connectivity index (χ0n) is 10.6. The SMILES string of the molecule is NCC1CCN(Cc2cc3ccccc3s2)CC1. The van der Waals surface area contributed by atoms with Crippen LogP contribution in [0.5, 0.6) is 0 Å². The number of rotatable bonds is 3. The van der Waals surface area contributed by atoms with Gasteiger partial charge in [0.1, 0.15) is 0 Å². The van der Waals surface area contributed by atoms with Gasteiger partial charge in [-0.1, -0.05) is 18.2 Å². The molecule has 2 aromatic rings. The van der Waals surface area contributed by atoms with E-state index in [1.807, 2.05) is 11.3 Å². The van der Waals surface area contributed by atoms with Crippen molar-refractivity contribution >= 4 is 21.4 Å². The van der Waals surface area contributed by atoms with E-state index >= 15 is 0 Å². The number of benzene rings is 1. The highest BCUT2D eigenvalue weighted by molar-refractivity contribution is 7.19. The third-order valence-corrected chi connectivity index (χ3v) is 5.00. The van der Waals surface area contributed by atoms with Crippen LogP contribution in [0.15, 0.2) is 30.3 Å². The van der Waals surface area contributed by atoms with E-state index in [0.29, 0.717) is 0 Å². The van der Waals surface area contributed by atoms with Crippen LogP contribution in [0.25, 0.3) is 10.1 Å². The molecule has 1 fully saturated rings. The first-order chi connectivity index (χ1) is 8.85. The smallest absolute Gasteiger partial charge is 0.0346 e. The maximum atomic E-state index is 5.74. The minimum absolute atomic E-state index is 0.753. The zero-order chi connectivity index (χ0) is 12.4. The second-order valence-corrected chi connectivity index (χ2v) is 6.37. The number of hydrogen-bond acceptors (Lipinski definition) is 3. The van der Waals surface area contributed by atoms with Crippen LogP contribution in [0.3, 0.4) is 0 Å². The van der Waals surface area contributed by atoms with Crippen molar-refractivity contribution in [2.24, 2.45) is 11.7 Å². The van der Waals surface area contributed by atoms with Gasteiger partial charge in [-0.2, -0.15) is 0 Å². The molecular formula is C15H20N2S. The van der Waals surface area contributed by atoms with Gasteiger partial charge in [-0.25, -0.2) is 0 Å². The molecule has 1 aliphatic rings. The van der Waals surface area contributed by atoms with Gasteiger partial charge >= 0.3 is 0 Å². The summed E-state index contributed by atoms with van der Waals surface area (Å²) in [4.78, 5) is 4.05. The van der Waals surface area contributed by atoms with Gasteiger partial charge in [0.2, 0.25) is 0 Å². The Morgan fingerprint density at radius 2 is 2.00 bits per heavy atom. The molecule has 1 aromatic carbocycles. The molecule has 0 atom stereocenters. The lowest BCUT2D eigenvalue weighted by molar-refractivity contribution is 0.182. The molecule has 0 bridgehead atoms. The number of hydrogen-bond donors (Lipinski definition) is 1. The van der Waals surface area contributed by atoms with Crippen molar-refractivity contribution in [2.45, 2.75) is 19.4 Å². The van der Waals surface area contributed by atoms with Gasteiger partial charge < -0.3 is 5.73 Å². The molecule has 2 heterocycles. The van der Waals surface area contributed by atoms with Crippen molar-refractivity contribution in [1.82, 2.24) is 4.90 Å². The van der Waals surface area contributed by atoms with E-state index in [9.17, 15) is 0 Å². The van der Waals surface area contributed by atoms with Gasteiger partial charge in [0, 0.05) is 16.1 Å². The highest BCUT2D eigenvalue weighted by Gasteiger charge is 2.18. The summed E-state index contributed by atoms with van der Waals surface area (Å²) in [6.45, 7) is 4.37. The first-order valence-electron chi connectivity index (χ1n) is 6.75. The Labute approximate surface area is 112 Å². The van der Waals surface area contributed by atoms with E-state index < -0.39 is 0 Å². The van der Waals surface area contributed by atoms with Crippen LogP contribution in [0.2, 0.25) is 0 Å². The predicted molar refractivity (Wildman–Crippen MR) is 78.9 cm³/mol. The highest BCUT2D eigenvalue weighted by Crippen LogP contribution is 2.27. The molecule has 0 amide bonds. The fourth-order valence-electron chi connectivity index (χ4n) is 2.72. The molecule has 0 spiro atoms. The Balaban J connectivity index is 1.66. The summed E-state index contributed by atoms with van der Waals surface area (Å²) < 4.78 is 1.41. The van der Waals surface area contributed by atoms with Gasteiger partial charge in [-0.15, -0.1) is 11.3 Å². The van der Waals surface area contributed by atoms with Crippen LogP contribution in [-0.2, 0) is 6.54 Å². The Kier molecular flexibility index (Phi) is 3.64. The lowest BCUT2D eigenvalue weighted by Crippen LogP contribution is -2.35. The molecule has 1 saturated heterocycles. The second-order valence-electron chi connectivity index (χ2n) is 5.21. The summed E-state index contributed by atoms with van der Waals surface area (Å²) in [6, 6.07) is 11.0. The molecule has 18 heavy (non-hydrogen) atoms. The molecule has 2 N–H and O–H groups in total. The lowest BCUT2D eigenvalue weighted by Gasteiger charge is -2.30. The minimum atomic E-state index is 0.753. The van der Waals surface area contributed by atoms with Crippen molar-refractivity contribution in [2.75, 3.05) is 19.6 Å². The van der Waals surface area contributed by atoms with Crippen molar-refractivity contribution in [3.8, 4) is 0 Å². The van der Waals surface area contributed by atoms with Crippen molar-refractivity contribution in [3.05, 3.63) is 35.2 Å². The van der Waals surface area contributed by atoms with E-state index in [4.69, 9.17) is 5.73 Å². The number of likely N-dealkylation sites (tertiary alicyclic amines) is 1. The summed E-state index contributed by atoms with van der Waals surface area (Å²) in [6.07, 6.45) is 2.53. The topological polar surface area (TPSA) is 29.3 Å². The van der Waals surface area contributed by atoms with Crippen molar-refractivity contribution in [3.63, 3.8) is 0 Å². The number of nitrogens with zero attached hydrogens (tertiary/aromatic N) is 1. The monoisotopic (exact) mass is 260 g/mol. The molecule has 0 saturated carbocycles. The highest BCUT2D eigenvalue weighted by atomic mass is 32.1. The average molecular weight is 260 g/mol. The average Bonchev–Trinajstić information content (AvgIpc) is 2.82. The summed E-state index contributed by atoms with van der Waals surface area (Å²) in [5, 5.41) is 1.38. The van der Waals surface area contributed by atoms with E-state index in [1.165, 1.54) is 40.9 Å². The molecule has 0 unspecified atom stereocenters. The van der Waals surface area contributed by atoms with Crippen LogP contribution in [-0.4, -0.2) is 24.5 Å². The van der Waals surface area contributed by atoms with Gasteiger partial charge in [-0.05, 0) is 55.9 Å². The maximum absolute atomic E-state index is 5.74. The third kappa shape index (κ3) is 2.58. The number of piperidine rings is 1. The Hall–Kier alpha value is -0.900. The van der Waals surface area contributed by atoms with Crippen LogP contribution in [0.4, 0.5) is 0 Å².